The number of aryl methyl sites for hydroxylation is 1. The summed E-state index contributed by atoms with van der Waals surface area (Å²) < 4.78 is 0. The fraction of sp³-hybridized carbons (Fsp3) is 0.333. The normalized spacial score (nSPS) is 9.83. The van der Waals surface area contributed by atoms with Crippen molar-refractivity contribution in [1.29, 1.82) is 0 Å². The lowest BCUT2D eigenvalue weighted by Crippen LogP contribution is -2.00. The Labute approximate surface area is 72.2 Å². The van der Waals surface area contributed by atoms with Crippen molar-refractivity contribution < 1.29 is 5.11 Å². The molecule has 0 heterocycles. The first kappa shape index (κ1) is 8.71. The van der Waals surface area contributed by atoms with Crippen molar-refractivity contribution in [1.82, 2.24) is 0 Å². The molecule has 3 nitrogen and oxygen atoms in total. The van der Waals surface area contributed by atoms with E-state index in [4.69, 9.17) is 5.73 Å². The molecule has 0 spiro atoms. The van der Waals surface area contributed by atoms with Gasteiger partial charge in [0.05, 0.1) is 5.69 Å². The molecule has 1 aromatic carbocycles. The zero-order chi connectivity index (χ0) is 9.14. The Morgan fingerprint density at radius 1 is 1.50 bits per heavy atom. The van der Waals surface area contributed by atoms with Crippen LogP contribution in [0.25, 0.3) is 0 Å². The van der Waals surface area contributed by atoms with Gasteiger partial charge >= 0.3 is 0 Å². The molecule has 0 aromatic heterocycles. The average molecular weight is 166 g/mol. The van der Waals surface area contributed by atoms with Crippen LogP contribution in [0.2, 0.25) is 0 Å². The summed E-state index contributed by atoms with van der Waals surface area (Å²) in [6.45, 7) is 4.68. The van der Waals surface area contributed by atoms with Crippen molar-refractivity contribution in [2.45, 2.75) is 13.8 Å². The topological polar surface area (TPSA) is 58.3 Å². The summed E-state index contributed by atoms with van der Waals surface area (Å²) in [5.74, 6) is 0.217. The first-order valence-electron chi connectivity index (χ1n) is 3.98. The summed E-state index contributed by atoms with van der Waals surface area (Å²) in [6, 6.07) is 3.38. The third-order valence-corrected chi connectivity index (χ3v) is 1.69. The Kier molecular flexibility index (Phi) is 2.43. The second-order valence-electron chi connectivity index (χ2n) is 2.76. The number of phenols is 1. The number of rotatable bonds is 2. The smallest absolute Gasteiger partial charge is 0.140 e. The summed E-state index contributed by atoms with van der Waals surface area (Å²) >= 11 is 0. The van der Waals surface area contributed by atoms with E-state index in [1.165, 1.54) is 0 Å². The minimum atomic E-state index is 0.217. The predicted octanol–water partition coefficient (Wildman–Crippen LogP) is 1.71. The first-order valence-corrected chi connectivity index (χ1v) is 3.98. The largest absolute Gasteiger partial charge is 0.506 e. The molecule has 0 saturated heterocycles. The molecule has 4 N–H and O–H groups in total. The standard InChI is InChI=1S/C9H14N2O/c1-3-11-9-6(2)4-7(10)5-8(9)12/h4-5,11-12H,3,10H2,1-2H3. The van der Waals surface area contributed by atoms with Crippen molar-refractivity contribution >= 4 is 11.4 Å². The maximum Gasteiger partial charge on any atom is 0.140 e. The molecule has 12 heavy (non-hydrogen) atoms. The number of aromatic hydroxyl groups is 1. The van der Waals surface area contributed by atoms with E-state index < -0.39 is 0 Å². The number of hydrogen-bond acceptors (Lipinski definition) is 3. The number of phenolic OH excluding ortho intramolecular Hbond substituents is 1. The lowest BCUT2D eigenvalue weighted by atomic mass is 10.1. The van der Waals surface area contributed by atoms with E-state index in [0.29, 0.717) is 5.69 Å². The van der Waals surface area contributed by atoms with Crippen LogP contribution in [-0.2, 0) is 0 Å². The number of nitrogen functional groups attached to an aromatic ring is 1. The molecular formula is C9H14N2O. The Morgan fingerprint density at radius 3 is 2.67 bits per heavy atom. The summed E-state index contributed by atoms with van der Waals surface area (Å²) in [5, 5.41) is 12.5. The molecule has 0 amide bonds. The van der Waals surface area contributed by atoms with Gasteiger partial charge in [0.25, 0.3) is 0 Å². The number of anilines is 2. The van der Waals surface area contributed by atoms with Gasteiger partial charge in [-0.05, 0) is 25.5 Å². The van der Waals surface area contributed by atoms with Gasteiger partial charge in [-0.2, -0.15) is 0 Å². The molecule has 3 heteroatoms. The molecular weight excluding hydrogens is 152 g/mol. The van der Waals surface area contributed by atoms with E-state index in [1.54, 1.807) is 6.07 Å². The highest BCUT2D eigenvalue weighted by Crippen LogP contribution is 2.29. The Balaban J connectivity index is 3.10. The highest BCUT2D eigenvalue weighted by molar-refractivity contribution is 5.66. The minimum absolute atomic E-state index is 0.217. The first-order chi connectivity index (χ1) is 5.65. The lowest BCUT2D eigenvalue weighted by Gasteiger charge is -2.10. The van der Waals surface area contributed by atoms with Crippen molar-refractivity contribution in [2.75, 3.05) is 17.6 Å². The zero-order valence-corrected chi connectivity index (χ0v) is 7.39. The average Bonchev–Trinajstić information content (AvgIpc) is 1.96. The zero-order valence-electron chi connectivity index (χ0n) is 7.39. The fourth-order valence-corrected chi connectivity index (χ4v) is 1.20. The van der Waals surface area contributed by atoms with Gasteiger partial charge in [-0.15, -0.1) is 0 Å². The summed E-state index contributed by atoms with van der Waals surface area (Å²) in [7, 11) is 0. The van der Waals surface area contributed by atoms with Crippen LogP contribution in [0.15, 0.2) is 12.1 Å². The fourth-order valence-electron chi connectivity index (χ4n) is 1.20. The molecule has 0 saturated carbocycles. The van der Waals surface area contributed by atoms with Crippen molar-refractivity contribution in [2.24, 2.45) is 0 Å². The number of hydrogen-bond donors (Lipinski definition) is 3. The molecule has 0 aliphatic carbocycles. The minimum Gasteiger partial charge on any atom is -0.506 e. The Hall–Kier alpha value is -1.38. The van der Waals surface area contributed by atoms with E-state index in [0.717, 1.165) is 17.8 Å². The van der Waals surface area contributed by atoms with E-state index >= 15 is 0 Å². The Morgan fingerprint density at radius 2 is 2.17 bits per heavy atom. The molecule has 0 unspecified atom stereocenters. The molecule has 1 rings (SSSR count). The SMILES string of the molecule is CCNc1c(C)cc(N)cc1O. The quantitative estimate of drug-likeness (QED) is 0.463. The molecule has 0 aliphatic rings. The summed E-state index contributed by atoms with van der Waals surface area (Å²) in [5.41, 5.74) is 7.86. The maximum absolute atomic E-state index is 9.46. The molecule has 1 aromatic rings. The predicted molar refractivity (Wildman–Crippen MR) is 51.4 cm³/mol. The molecule has 0 aliphatic heterocycles. The van der Waals surface area contributed by atoms with Crippen molar-refractivity contribution in [3.05, 3.63) is 17.7 Å². The van der Waals surface area contributed by atoms with Gasteiger partial charge in [-0.1, -0.05) is 0 Å². The Bertz CT molecular complexity index is 261. The number of nitrogens with one attached hydrogen (secondary N) is 1. The van der Waals surface area contributed by atoms with Crippen LogP contribution in [-0.4, -0.2) is 11.7 Å². The van der Waals surface area contributed by atoms with Gasteiger partial charge in [-0.3, -0.25) is 0 Å². The van der Waals surface area contributed by atoms with Gasteiger partial charge in [0.2, 0.25) is 0 Å². The molecule has 0 bridgehead atoms. The van der Waals surface area contributed by atoms with Crippen molar-refractivity contribution in [3.63, 3.8) is 0 Å². The third kappa shape index (κ3) is 1.61. The number of benzene rings is 1. The molecule has 0 atom stereocenters. The van der Waals surface area contributed by atoms with Gasteiger partial charge in [-0.25, -0.2) is 0 Å². The maximum atomic E-state index is 9.46. The summed E-state index contributed by atoms with van der Waals surface area (Å²) in [4.78, 5) is 0. The molecule has 0 fully saturated rings. The lowest BCUT2D eigenvalue weighted by molar-refractivity contribution is 0.477. The second-order valence-corrected chi connectivity index (χ2v) is 2.76. The van der Waals surface area contributed by atoms with Crippen LogP contribution in [0.5, 0.6) is 5.75 Å². The van der Waals surface area contributed by atoms with Gasteiger partial charge in [0.1, 0.15) is 5.75 Å². The third-order valence-electron chi connectivity index (χ3n) is 1.69. The van der Waals surface area contributed by atoms with Crippen LogP contribution in [0.4, 0.5) is 11.4 Å². The van der Waals surface area contributed by atoms with Gasteiger partial charge in [0, 0.05) is 18.3 Å². The van der Waals surface area contributed by atoms with E-state index in [-0.39, 0.29) is 5.75 Å². The summed E-state index contributed by atoms with van der Waals surface area (Å²) in [6.07, 6.45) is 0. The van der Waals surface area contributed by atoms with Gasteiger partial charge < -0.3 is 16.2 Å². The molecule has 66 valence electrons. The second kappa shape index (κ2) is 3.34. The van der Waals surface area contributed by atoms with Crippen LogP contribution < -0.4 is 11.1 Å². The highest BCUT2D eigenvalue weighted by atomic mass is 16.3. The molecule has 0 radical (unpaired) electrons. The van der Waals surface area contributed by atoms with E-state index in [1.807, 2.05) is 19.9 Å². The van der Waals surface area contributed by atoms with Crippen LogP contribution in [0.1, 0.15) is 12.5 Å². The van der Waals surface area contributed by atoms with Gasteiger partial charge in [0.15, 0.2) is 0 Å². The van der Waals surface area contributed by atoms with Crippen LogP contribution in [0.3, 0.4) is 0 Å². The van der Waals surface area contributed by atoms with Crippen LogP contribution >= 0.6 is 0 Å². The van der Waals surface area contributed by atoms with E-state index in [2.05, 4.69) is 5.32 Å². The van der Waals surface area contributed by atoms with Crippen molar-refractivity contribution in [3.8, 4) is 5.75 Å². The highest BCUT2D eigenvalue weighted by Gasteiger charge is 2.03. The van der Waals surface area contributed by atoms with Crippen LogP contribution in [0, 0.1) is 6.92 Å². The monoisotopic (exact) mass is 166 g/mol. The number of nitrogens with two attached hydrogens (primary N) is 1. The van der Waals surface area contributed by atoms with E-state index in [9.17, 15) is 5.11 Å².